The fraction of sp³-hybridized carbons (Fsp3) is 0.214. The fourth-order valence-corrected chi connectivity index (χ4v) is 3.85. The molecule has 0 radical (unpaired) electrons. The summed E-state index contributed by atoms with van der Waals surface area (Å²) in [6, 6.07) is 22.5. The SMILES string of the molecule is Cc1ccc(NC(=O)Cn2c(=O)c(CCC(=O)NCc3ccccc3)nc3ccccc32)cc1C. The Morgan fingerprint density at radius 1 is 0.886 bits per heavy atom. The van der Waals surface area contributed by atoms with Crippen molar-refractivity contribution in [1.29, 1.82) is 0 Å². The van der Waals surface area contributed by atoms with Crippen LogP contribution < -0.4 is 16.2 Å². The van der Waals surface area contributed by atoms with Crippen molar-refractivity contribution in [1.82, 2.24) is 14.9 Å². The maximum Gasteiger partial charge on any atom is 0.273 e. The Kier molecular flexibility index (Phi) is 7.35. The number of carbonyl (C=O) groups is 2. The number of fused-ring (bicyclic) bond motifs is 1. The maximum absolute atomic E-state index is 13.3. The number of nitrogens with one attached hydrogen (secondary N) is 2. The molecule has 2 N–H and O–H groups in total. The summed E-state index contributed by atoms with van der Waals surface area (Å²) in [5.74, 6) is -0.472. The van der Waals surface area contributed by atoms with Crippen LogP contribution in [0.4, 0.5) is 5.69 Å². The lowest BCUT2D eigenvalue weighted by atomic mass is 10.1. The van der Waals surface area contributed by atoms with Crippen molar-refractivity contribution in [3.05, 3.63) is 106 Å². The molecule has 0 unspecified atom stereocenters. The molecule has 0 aliphatic rings. The number of para-hydroxylation sites is 2. The molecular formula is C28H28N4O3. The van der Waals surface area contributed by atoms with E-state index in [1.165, 1.54) is 4.57 Å². The first kappa shape index (κ1) is 23.9. The summed E-state index contributed by atoms with van der Waals surface area (Å²) in [6.45, 7) is 4.26. The molecule has 0 aliphatic carbocycles. The standard InChI is InChI=1S/C28H28N4O3/c1-19-12-13-22(16-20(19)2)30-27(34)18-32-25-11-7-6-10-23(25)31-24(28(32)35)14-15-26(33)29-17-21-8-4-3-5-9-21/h3-13,16H,14-15,17-18H2,1-2H3,(H,29,33)(H,30,34). The Morgan fingerprint density at radius 2 is 1.63 bits per heavy atom. The van der Waals surface area contributed by atoms with Gasteiger partial charge in [-0.3, -0.25) is 19.0 Å². The van der Waals surface area contributed by atoms with E-state index in [4.69, 9.17) is 0 Å². The molecule has 1 heterocycles. The van der Waals surface area contributed by atoms with E-state index in [2.05, 4.69) is 15.6 Å². The predicted octanol–water partition coefficient (Wildman–Crippen LogP) is 3.90. The van der Waals surface area contributed by atoms with Gasteiger partial charge < -0.3 is 10.6 Å². The number of rotatable bonds is 8. The molecular weight excluding hydrogens is 440 g/mol. The van der Waals surface area contributed by atoms with E-state index in [-0.39, 0.29) is 42.5 Å². The Bertz CT molecular complexity index is 1430. The van der Waals surface area contributed by atoms with Crippen LogP contribution in [0.2, 0.25) is 0 Å². The molecule has 0 saturated carbocycles. The van der Waals surface area contributed by atoms with Gasteiger partial charge >= 0.3 is 0 Å². The Hall–Kier alpha value is -4.26. The third-order valence-corrected chi connectivity index (χ3v) is 5.93. The van der Waals surface area contributed by atoms with Gasteiger partial charge in [-0.2, -0.15) is 0 Å². The molecule has 0 bridgehead atoms. The highest BCUT2D eigenvalue weighted by Gasteiger charge is 2.15. The molecule has 7 heteroatoms. The average molecular weight is 469 g/mol. The smallest absolute Gasteiger partial charge is 0.273 e. The molecule has 0 fully saturated rings. The second-order valence-electron chi connectivity index (χ2n) is 8.55. The van der Waals surface area contributed by atoms with Gasteiger partial charge in [-0.25, -0.2) is 4.98 Å². The highest BCUT2D eigenvalue weighted by molar-refractivity contribution is 5.91. The van der Waals surface area contributed by atoms with Crippen LogP contribution in [-0.4, -0.2) is 21.4 Å². The van der Waals surface area contributed by atoms with Gasteiger partial charge in [-0.1, -0.05) is 48.5 Å². The van der Waals surface area contributed by atoms with Gasteiger partial charge in [0.2, 0.25) is 11.8 Å². The normalized spacial score (nSPS) is 10.8. The van der Waals surface area contributed by atoms with Crippen LogP contribution in [0, 0.1) is 13.8 Å². The summed E-state index contributed by atoms with van der Waals surface area (Å²) in [5, 5.41) is 5.74. The zero-order valence-electron chi connectivity index (χ0n) is 19.9. The van der Waals surface area contributed by atoms with E-state index < -0.39 is 0 Å². The third-order valence-electron chi connectivity index (χ3n) is 5.93. The summed E-state index contributed by atoms with van der Waals surface area (Å²) in [6.07, 6.45) is 0.311. The zero-order valence-corrected chi connectivity index (χ0v) is 19.9. The number of anilines is 1. The summed E-state index contributed by atoms with van der Waals surface area (Å²) in [4.78, 5) is 42.9. The maximum atomic E-state index is 13.3. The zero-order chi connectivity index (χ0) is 24.8. The van der Waals surface area contributed by atoms with Crippen LogP contribution in [0.25, 0.3) is 11.0 Å². The second-order valence-corrected chi connectivity index (χ2v) is 8.55. The van der Waals surface area contributed by atoms with Crippen molar-refractivity contribution >= 4 is 28.5 Å². The average Bonchev–Trinajstić information content (AvgIpc) is 2.86. The number of carbonyl (C=O) groups excluding carboxylic acids is 2. The Labute approximate surface area is 203 Å². The predicted molar refractivity (Wildman–Crippen MR) is 137 cm³/mol. The van der Waals surface area contributed by atoms with Gasteiger partial charge in [0, 0.05) is 25.1 Å². The number of benzene rings is 3. The lowest BCUT2D eigenvalue weighted by molar-refractivity contribution is -0.121. The monoisotopic (exact) mass is 468 g/mol. The van der Waals surface area contributed by atoms with Crippen molar-refractivity contribution in [2.75, 3.05) is 5.32 Å². The molecule has 2 amide bonds. The number of hydrogen-bond donors (Lipinski definition) is 2. The van der Waals surface area contributed by atoms with Gasteiger partial charge in [0.25, 0.3) is 5.56 Å². The van der Waals surface area contributed by atoms with Crippen molar-refractivity contribution in [2.45, 2.75) is 39.8 Å². The van der Waals surface area contributed by atoms with Crippen molar-refractivity contribution < 1.29 is 9.59 Å². The van der Waals surface area contributed by atoms with Gasteiger partial charge in [-0.05, 0) is 54.8 Å². The Balaban J connectivity index is 1.49. The molecule has 3 aromatic carbocycles. The lowest BCUT2D eigenvalue weighted by Crippen LogP contribution is -2.32. The fourth-order valence-electron chi connectivity index (χ4n) is 3.85. The van der Waals surface area contributed by atoms with Crippen molar-refractivity contribution in [3.63, 3.8) is 0 Å². The lowest BCUT2D eigenvalue weighted by Gasteiger charge is -2.13. The summed E-state index contributed by atoms with van der Waals surface area (Å²) >= 11 is 0. The number of aromatic nitrogens is 2. The highest BCUT2D eigenvalue weighted by atomic mass is 16.2. The molecule has 7 nitrogen and oxygen atoms in total. The summed E-state index contributed by atoms with van der Waals surface area (Å²) in [5.41, 5.74) is 4.96. The first-order valence-corrected chi connectivity index (χ1v) is 11.6. The minimum Gasteiger partial charge on any atom is -0.352 e. The summed E-state index contributed by atoms with van der Waals surface area (Å²) < 4.78 is 1.43. The minimum absolute atomic E-state index is 0.127. The van der Waals surface area contributed by atoms with E-state index >= 15 is 0 Å². The van der Waals surface area contributed by atoms with E-state index in [0.717, 1.165) is 16.7 Å². The van der Waals surface area contributed by atoms with Crippen LogP contribution >= 0.6 is 0 Å². The molecule has 0 saturated heterocycles. The molecule has 0 spiro atoms. The minimum atomic E-state index is -0.366. The van der Waals surface area contributed by atoms with E-state index in [0.29, 0.717) is 23.3 Å². The van der Waals surface area contributed by atoms with Crippen LogP contribution in [0.15, 0.2) is 77.6 Å². The Morgan fingerprint density at radius 3 is 2.40 bits per heavy atom. The van der Waals surface area contributed by atoms with E-state index in [1.807, 2.05) is 68.4 Å². The molecule has 35 heavy (non-hydrogen) atoms. The van der Waals surface area contributed by atoms with Crippen LogP contribution in [0.5, 0.6) is 0 Å². The number of hydrogen-bond acceptors (Lipinski definition) is 4. The van der Waals surface area contributed by atoms with E-state index in [1.54, 1.807) is 18.2 Å². The largest absolute Gasteiger partial charge is 0.352 e. The van der Waals surface area contributed by atoms with Gasteiger partial charge in [0.05, 0.1) is 11.0 Å². The molecule has 178 valence electrons. The first-order chi connectivity index (χ1) is 16.9. The number of amides is 2. The van der Waals surface area contributed by atoms with Gasteiger partial charge in [0.1, 0.15) is 12.2 Å². The second kappa shape index (κ2) is 10.8. The van der Waals surface area contributed by atoms with Crippen LogP contribution in [0.3, 0.4) is 0 Å². The molecule has 0 aliphatic heterocycles. The molecule has 0 atom stereocenters. The third kappa shape index (κ3) is 6.00. The topological polar surface area (TPSA) is 93.1 Å². The molecule has 1 aromatic heterocycles. The van der Waals surface area contributed by atoms with Crippen LogP contribution in [-0.2, 0) is 29.1 Å². The van der Waals surface area contributed by atoms with Crippen molar-refractivity contribution in [3.8, 4) is 0 Å². The number of nitrogens with zero attached hydrogens (tertiary/aromatic N) is 2. The summed E-state index contributed by atoms with van der Waals surface area (Å²) in [7, 11) is 0. The van der Waals surface area contributed by atoms with Gasteiger partial charge in [0.15, 0.2) is 0 Å². The molecule has 4 rings (SSSR count). The van der Waals surface area contributed by atoms with Gasteiger partial charge in [-0.15, -0.1) is 0 Å². The highest BCUT2D eigenvalue weighted by Crippen LogP contribution is 2.15. The van der Waals surface area contributed by atoms with Crippen LogP contribution in [0.1, 0.15) is 28.8 Å². The number of aryl methyl sites for hydroxylation is 3. The quantitative estimate of drug-likeness (QED) is 0.410. The first-order valence-electron chi connectivity index (χ1n) is 11.6. The van der Waals surface area contributed by atoms with E-state index in [9.17, 15) is 14.4 Å². The molecule has 4 aromatic rings. The van der Waals surface area contributed by atoms with Crippen molar-refractivity contribution in [2.24, 2.45) is 0 Å².